The number of amides is 1. The first-order valence-electron chi connectivity index (χ1n) is 7.25. The van der Waals surface area contributed by atoms with Crippen LogP contribution in [-0.4, -0.2) is 32.4 Å². The molecule has 0 aliphatic carbocycles. The van der Waals surface area contributed by atoms with E-state index in [0.717, 1.165) is 22.3 Å². The molecule has 24 heavy (non-hydrogen) atoms. The number of nitrogens with zero attached hydrogens (tertiary/aromatic N) is 3. The van der Waals surface area contributed by atoms with Gasteiger partial charge in [-0.25, -0.2) is 15.4 Å². The van der Waals surface area contributed by atoms with Crippen LogP contribution in [0.1, 0.15) is 18.9 Å². The number of carbonyl (C=O) groups is 2. The third-order valence-electron chi connectivity index (χ3n) is 3.45. The summed E-state index contributed by atoms with van der Waals surface area (Å²) in [4.78, 5) is 34.8. The predicted octanol–water partition coefficient (Wildman–Crippen LogP) is 2.31. The zero-order valence-electron chi connectivity index (χ0n) is 13.2. The number of hydrogen-bond acceptors (Lipinski definition) is 6. The van der Waals surface area contributed by atoms with Crippen molar-refractivity contribution in [1.29, 1.82) is 0 Å². The van der Waals surface area contributed by atoms with Gasteiger partial charge in [0.2, 0.25) is 5.91 Å². The van der Waals surface area contributed by atoms with Gasteiger partial charge >= 0.3 is 0 Å². The molecule has 0 aliphatic heterocycles. The molecule has 122 valence electrons. The lowest BCUT2D eigenvalue weighted by atomic mass is 10.2. The Labute approximate surface area is 141 Å². The molecule has 0 saturated carbocycles. The molecule has 0 spiro atoms. The molecular formula is C16H15N5O2S. The smallest absolute Gasteiger partial charge is 0.246 e. The molecule has 0 aromatic carbocycles. The number of aromatic amines is 1. The van der Waals surface area contributed by atoms with Crippen LogP contribution < -0.4 is 5.43 Å². The molecule has 7 nitrogen and oxygen atoms in total. The fourth-order valence-corrected chi connectivity index (χ4v) is 2.88. The van der Waals surface area contributed by atoms with Crippen molar-refractivity contribution < 1.29 is 9.59 Å². The lowest BCUT2D eigenvalue weighted by Gasteiger charge is -1.98. The third-order valence-corrected chi connectivity index (χ3v) is 4.30. The van der Waals surface area contributed by atoms with Crippen LogP contribution >= 0.6 is 11.3 Å². The summed E-state index contributed by atoms with van der Waals surface area (Å²) >= 11 is 1.40. The second-order valence-electron chi connectivity index (χ2n) is 5.19. The molecule has 0 bridgehead atoms. The number of aromatic nitrogens is 3. The SMILES string of the molecule is CC(=O)C(C)=NNC(=O)Cc1nc(-c2c[nH]c3ncccc23)cs1. The topological polar surface area (TPSA) is 100 Å². The fourth-order valence-electron chi connectivity index (χ4n) is 2.09. The molecule has 0 unspecified atom stereocenters. The number of thiazole rings is 1. The molecule has 0 fully saturated rings. The number of Topliss-reactive ketones (excluding diaryl/α,β-unsaturated/α-hetero) is 1. The van der Waals surface area contributed by atoms with Gasteiger partial charge < -0.3 is 4.98 Å². The molecule has 0 aliphatic rings. The van der Waals surface area contributed by atoms with Crippen molar-refractivity contribution in [1.82, 2.24) is 20.4 Å². The first-order valence-corrected chi connectivity index (χ1v) is 8.13. The van der Waals surface area contributed by atoms with Gasteiger partial charge in [-0.3, -0.25) is 9.59 Å². The Bertz CT molecular complexity index is 941. The van der Waals surface area contributed by atoms with Crippen LogP contribution in [0.3, 0.4) is 0 Å². The molecule has 0 radical (unpaired) electrons. The highest BCUT2D eigenvalue weighted by Gasteiger charge is 2.12. The average molecular weight is 341 g/mol. The van der Waals surface area contributed by atoms with Gasteiger partial charge in [-0.15, -0.1) is 11.3 Å². The lowest BCUT2D eigenvalue weighted by Crippen LogP contribution is -2.22. The van der Waals surface area contributed by atoms with Crippen LogP contribution in [0.4, 0.5) is 0 Å². The average Bonchev–Trinajstić information content (AvgIpc) is 3.18. The summed E-state index contributed by atoms with van der Waals surface area (Å²) < 4.78 is 0. The Kier molecular flexibility index (Phi) is 4.48. The minimum atomic E-state index is -0.308. The van der Waals surface area contributed by atoms with Crippen LogP contribution in [0.15, 0.2) is 35.0 Å². The highest BCUT2D eigenvalue weighted by molar-refractivity contribution is 7.10. The van der Waals surface area contributed by atoms with Gasteiger partial charge in [0.25, 0.3) is 0 Å². The third kappa shape index (κ3) is 3.38. The summed E-state index contributed by atoms with van der Waals surface area (Å²) in [6, 6.07) is 3.84. The van der Waals surface area contributed by atoms with E-state index in [2.05, 4.69) is 25.5 Å². The number of hydrogen-bond donors (Lipinski definition) is 2. The van der Waals surface area contributed by atoms with E-state index in [1.807, 2.05) is 23.7 Å². The normalized spacial score (nSPS) is 11.7. The Morgan fingerprint density at radius 3 is 3.00 bits per heavy atom. The van der Waals surface area contributed by atoms with Gasteiger partial charge in [-0.2, -0.15) is 5.10 Å². The molecule has 1 amide bonds. The van der Waals surface area contributed by atoms with Gasteiger partial charge in [0.15, 0.2) is 5.78 Å². The molecule has 0 atom stereocenters. The van der Waals surface area contributed by atoms with Crippen molar-refractivity contribution in [2.24, 2.45) is 5.10 Å². The summed E-state index contributed by atoms with van der Waals surface area (Å²) in [6.45, 7) is 2.95. The standard InChI is InChI=1S/C16H15N5O2S/c1-9(10(2)22)20-21-14(23)6-15-19-13(8-24-15)12-7-18-16-11(12)4-3-5-17-16/h3-5,7-8H,6H2,1-2H3,(H,17,18)(H,21,23). The Hall–Kier alpha value is -2.87. The molecule has 8 heteroatoms. The summed E-state index contributed by atoms with van der Waals surface area (Å²) in [7, 11) is 0. The second kappa shape index (κ2) is 6.71. The second-order valence-corrected chi connectivity index (χ2v) is 6.14. The minimum Gasteiger partial charge on any atom is -0.345 e. The van der Waals surface area contributed by atoms with Gasteiger partial charge in [-0.05, 0) is 19.1 Å². The maximum absolute atomic E-state index is 11.9. The molecular weight excluding hydrogens is 326 g/mol. The van der Waals surface area contributed by atoms with E-state index >= 15 is 0 Å². The Morgan fingerprint density at radius 1 is 1.38 bits per heavy atom. The number of carbonyl (C=O) groups excluding carboxylic acids is 2. The van der Waals surface area contributed by atoms with Crippen LogP contribution in [0, 0.1) is 0 Å². The van der Waals surface area contributed by atoms with Crippen LogP contribution in [0.25, 0.3) is 22.3 Å². The Morgan fingerprint density at radius 2 is 2.21 bits per heavy atom. The maximum Gasteiger partial charge on any atom is 0.246 e. The molecule has 3 aromatic rings. The maximum atomic E-state index is 11.9. The van der Waals surface area contributed by atoms with Crippen LogP contribution in [0.2, 0.25) is 0 Å². The van der Waals surface area contributed by atoms with E-state index in [0.29, 0.717) is 5.01 Å². The summed E-state index contributed by atoms with van der Waals surface area (Å²) in [5, 5.41) is 7.32. The van der Waals surface area contributed by atoms with E-state index in [4.69, 9.17) is 0 Å². The van der Waals surface area contributed by atoms with Crippen LogP contribution in [0.5, 0.6) is 0 Å². The van der Waals surface area contributed by atoms with Crippen LogP contribution in [-0.2, 0) is 16.0 Å². The minimum absolute atomic E-state index is 0.111. The Balaban J connectivity index is 1.73. The zero-order valence-corrected chi connectivity index (χ0v) is 14.0. The highest BCUT2D eigenvalue weighted by Crippen LogP contribution is 2.28. The summed E-state index contributed by atoms with van der Waals surface area (Å²) in [6.07, 6.45) is 3.69. The number of hydrazone groups is 1. The van der Waals surface area contributed by atoms with E-state index in [9.17, 15) is 9.59 Å². The predicted molar refractivity (Wildman–Crippen MR) is 92.8 cm³/mol. The summed E-state index contributed by atoms with van der Waals surface area (Å²) in [5.41, 5.74) is 5.17. The first-order chi connectivity index (χ1) is 11.5. The molecule has 3 aromatic heterocycles. The number of rotatable bonds is 5. The lowest BCUT2D eigenvalue weighted by molar-refractivity contribution is -0.120. The van der Waals surface area contributed by atoms with E-state index in [1.54, 1.807) is 13.1 Å². The first kappa shape index (κ1) is 16.0. The van der Waals surface area contributed by atoms with Crippen molar-refractivity contribution in [3.8, 4) is 11.3 Å². The molecule has 2 N–H and O–H groups in total. The van der Waals surface area contributed by atoms with Crippen molar-refractivity contribution in [2.45, 2.75) is 20.3 Å². The number of nitrogens with one attached hydrogen (secondary N) is 2. The highest BCUT2D eigenvalue weighted by atomic mass is 32.1. The number of pyridine rings is 1. The largest absolute Gasteiger partial charge is 0.345 e. The quantitative estimate of drug-likeness (QED) is 0.549. The molecule has 3 heterocycles. The van der Waals surface area contributed by atoms with Gasteiger partial charge in [0, 0.05) is 35.6 Å². The monoisotopic (exact) mass is 341 g/mol. The molecule has 0 saturated heterocycles. The van der Waals surface area contributed by atoms with Crippen molar-refractivity contribution in [2.75, 3.05) is 0 Å². The van der Waals surface area contributed by atoms with Crippen molar-refractivity contribution in [3.05, 3.63) is 34.9 Å². The number of ketones is 1. The molecule has 3 rings (SSSR count). The number of H-pyrrole nitrogens is 1. The summed E-state index contributed by atoms with van der Waals surface area (Å²) in [5.74, 6) is -0.489. The van der Waals surface area contributed by atoms with Crippen molar-refractivity contribution >= 4 is 39.8 Å². The van der Waals surface area contributed by atoms with E-state index < -0.39 is 0 Å². The van der Waals surface area contributed by atoms with Crippen molar-refractivity contribution in [3.63, 3.8) is 0 Å². The van der Waals surface area contributed by atoms with E-state index in [-0.39, 0.29) is 23.8 Å². The fraction of sp³-hybridized carbons (Fsp3) is 0.188. The number of fused-ring (bicyclic) bond motifs is 1. The zero-order chi connectivity index (χ0) is 17.1. The van der Waals surface area contributed by atoms with E-state index in [1.165, 1.54) is 18.3 Å². The van der Waals surface area contributed by atoms with Gasteiger partial charge in [0.05, 0.1) is 12.1 Å². The van der Waals surface area contributed by atoms with Gasteiger partial charge in [0.1, 0.15) is 16.4 Å². The van der Waals surface area contributed by atoms with Gasteiger partial charge in [-0.1, -0.05) is 0 Å².